The summed E-state index contributed by atoms with van der Waals surface area (Å²) in [5.41, 5.74) is 0.564. The fourth-order valence-corrected chi connectivity index (χ4v) is 5.24. The highest BCUT2D eigenvalue weighted by Crippen LogP contribution is 2.38. The number of aromatic nitrogens is 1. The Balaban J connectivity index is 1.45. The van der Waals surface area contributed by atoms with Crippen molar-refractivity contribution in [1.29, 1.82) is 0 Å². The van der Waals surface area contributed by atoms with Gasteiger partial charge in [0.25, 0.3) is 0 Å². The van der Waals surface area contributed by atoms with Gasteiger partial charge in [0.1, 0.15) is 29.2 Å². The lowest BCUT2D eigenvalue weighted by Gasteiger charge is -2.40. The molecule has 3 N–H and O–H groups in total. The lowest BCUT2D eigenvalue weighted by atomic mass is 9.77. The SMILES string of the molecule is COC1(CCNc2nc3ccccc3cc2S(=O)(=O)NCC(O)COc2ccccc2)CCC1. The molecule has 1 aliphatic carbocycles. The molecule has 1 heterocycles. The number of sulfonamides is 1. The topological polar surface area (TPSA) is 110 Å². The third-order valence-corrected chi connectivity index (χ3v) is 7.68. The first-order valence-electron chi connectivity index (χ1n) is 11.5. The summed E-state index contributed by atoms with van der Waals surface area (Å²) >= 11 is 0. The van der Waals surface area contributed by atoms with Crippen LogP contribution in [0, 0.1) is 0 Å². The second kappa shape index (κ2) is 10.7. The second-order valence-electron chi connectivity index (χ2n) is 8.58. The monoisotopic (exact) mass is 485 g/mol. The number of fused-ring (bicyclic) bond motifs is 1. The summed E-state index contributed by atoms with van der Waals surface area (Å²) in [6.45, 7) is 0.316. The minimum atomic E-state index is -3.95. The Morgan fingerprint density at radius 2 is 1.85 bits per heavy atom. The van der Waals surface area contributed by atoms with Crippen molar-refractivity contribution in [2.24, 2.45) is 0 Å². The summed E-state index contributed by atoms with van der Waals surface area (Å²) in [6.07, 6.45) is 2.90. The molecule has 0 amide bonds. The summed E-state index contributed by atoms with van der Waals surface area (Å²) in [6, 6.07) is 18.0. The molecule has 8 nitrogen and oxygen atoms in total. The van der Waals surface area contributed by atoms with E-state index in [0.717, 1.165) is 25.7 Å². The third-order valence-electron chi connectivity index (χ3n) is 6.24. The molecule has 0 bridgehead atoms. The summed E-state index contributed by atoms with van der Waals surface area (Å²) in [7, 11) is -2.22. The maximum Gasteiger partial charge on any atom is 0.244 e. The van der Waals surface area contributed by atoms with E-state index >= 15 is 0 Å². The van der Waals surface area contributed by atoms with Crippen molar-refractivity contribution in [3.8, 4) is 5.75 Å². The van der Waals surface area contributed by atoms with E-state index in [0.29, 0.717) is 23.2 Å². The number of aliphatic hydroxyl groups is 1. The van der Waals surface area contributed by atoms with Crippen LogP contribution in [0.3, 0.4) is 0 Å². The maximum absolute atomic E-state index is 13.2. The normalized spacial score (nSPS) is 16.1. The molecule has 0 spiro atoms. The number of benzene rings is 2. The van der Waals surface area contributed by atoms with E-state index in [1.807, 2.05) is 42.5 Å². The van der Waals surface area contributed by atoms with Gasteiger partial charge in [-0.25, -0.2) is 18.1 Å². The Labute approximate surface area is 200 Å². The van der Waals surface area contributed by atoms with Gasteiger partial charge in [-0.2, -0.15) is 0 Å². The predicted octanol–water partition coefficient (Wildman–Crippen LogP) is 3.32. The van der Waals surface area contributed by atoms with Crippen LogP contribution in [0.5, 0.6) is 5.75 Å². The van der Waals surface area contributed by atoms with E-state index in [-0.39, 0.29) is 29.5 Å². The predicted molar refractivity (Wildman–Crippen MR) is 132 cm³/mol. The zero-order chi connectivity index (χ0) is 24.0. The average Bonchev–Trinajstić information content (AvgIpc) is 2.83. The number of para-hydroxylation sites is 2. The van der Waals surface area contributed by atoms with Crippen LogP contribution in [0.1, 0.15) is 25.7 Å². The van der Waals surface area contributed by atoms with Crippen LogP contribution in [-0.2, 0) is 14.8 Å². The molecule has 182 valence electrons. The first-order chi connectivity index (χ1) is 16.4. The highest BCUT2D eigenvalue weighted by molar-refractivity contribution is 7.89. The summed E-state index contributed by atoms with van der Waals surface area (Å²) < 4.78 is 40.1. The van der Waals surface area contributed by atoms with Crippen LogP contribution in [0.15, 0.2) is 65.6 Å². The number of ether oxygens (including phenoxy) is 2. The highest BCUT2D eigenvalue weighted by Gasteiger charge is 2.36. The molecule has 2 aromatic carbocycles. The molecule has 9 heteroatoms. The van der Waals surface area contributed by atoms with Gasteiger partial charge in [0.15, 0.2) is 0 Å². The van der Waals surface area contributed by atoms with Gasteiger partial charge in [-0.1, -0.05) is 36.4 Å². The van der Waals surface area contributed by atoms with Gasteiger partial charge in [0.05, 0.1) is 11.1 Å². The fraction of sp³-hybridized carbons (Fsp3) is 0.400. The first-order valence-corrected chi connectivity index (χ1v) is 12.9. The summed E-state index contributed by atoms with van der Waals surface area (Å²) in [4.78, 5) is 4.62. The van der Waals surface area contributed by atoms with Crippen LogP contribution >= 0.6 is 0 Å². The Bertz CT molecular complexity index is 1190. The van der Waals surface area contributed by atoms with Crippen LogP contribution in [0.25, 0.3) is 10.9 Å². The van der Waals surface area contributed by atoms with E-state index in [9.17, 15) is 13.5 Å². The number of pyridine rings is 1. The molecule has 0 radical (unpaired) electrons. The van der Waals surface area contributed by atoms with Crippen molar-refractivity contribution in [3.63, 3.8) is 0 Å². The van der Waals surface area contributed by atoms with Crippen molar-refractivity contribution < 1.29 is 23.0 Å². The van der Waals surface area contributed by atoms with Crippen molar-refractivity contribution in [2.45, 2.75) is 42.3 Å². The molecule has 3 aromatic rings. The highest BCUT2D eigenvalue weighted by atomic mass is 32.2. The first kappa shape index (κ1) is 24.4. The average molecular weight is 486 g/mol. The summed E-state index contributed by atoms with van der Waals surface area (Å²) in [5, 5.41) is 14.2. The minimum absolute atomic E-state index is 0.0350. The second-order valence-corrected chi connectivity index (χ2v) is 10.3. The number of hydrogen-bond acceptors (Lipinski definition) is 7. The molecule has 4 rings (SSSR count). The Morgan fingerprint density at radius 3 is 2.56 bits per heavy atom. The lowest BCUT2D eigenvalue weighted by molar-refractivity contribution is -0.0748. The minimum Gasteiger partial charge on any atom is -0.491 e. The van der Waals surface area contributed by atoms with Crippen molar-refractivity contribution in [3.05, 3.63) is 60.7 Å². The number of nitrogens with zero attached hydrogens (tertiary/aromatic N) is 1. The van der Waals surface area contributed by atoms with E-state index in [1.54, 1.807) is 25.3 Å². The van der Waals surface area contributed by atoms with E-state index in [4.69, 9.17) is 9.47 Å². The molecule has 0 saturated heterocycles. The molecule has 1 unspecified atom stereocenters. The molecular formula is C25H31N3O5S. The standard InChI is InChI=1S/C25H31N3O5S/c1-32-25(12-7-13-25)14-15-26-24-23(16-19-8-5-6-11-22(19)28-24)34(30,31)27-17-20(29)18-33-21-9-3-2-4-10-21/h2-6,8-11,16,20,27,29H,7,12-15,17-18H2,1H3,(H,26,28). The quantitative estimate of drug-likeness (QED) is 0.361. The number of hydrogen-bond donors (Lipinski definition) is 3. The van der Waals surface area contributed by atoms with Crippen molar-refractivity contribution in [2.75, 3.05) is 32.1 Å². The van der Waals surface area contributed by atoms with Gasteiger partial charge < -0.3 is 19.9 Å². The van der Waals surface area contributed by atoms with Gasteiger partial charge in [0, 0.05) is 25.6 Å². The lowest BCUT2D eigenvalue weighted by Crippen LogP contribution is -2.40. The van der Waals surface area contributed by atoms with Crippen molar-refractivity contribution in [1.82, 2.24) is 9.71 Å². The molecule has 34 heavy (non-hydrogen) atoms. The molecule has 0 aliphatic heterocycles. The largest absolute Gasteiger partial charge is 0.491 e. The van der Waals surface area contributed by atoms with E-state index in [2.05, 4.69) is 15.0 Å². The smallest absolute Gasteiger partial charge is 0.244 e. The molecule has 1 aromatic heterocycles. The van der Waals surface area contributed by atoms with Crippen LogP contribution in [0.4, 0.5) is 5.82 Å². The van der Waals surface area contributed by atoms with E-state index < -0.39 is 16.1 Å². The number of nitrogens with one attached hydrogen (secondary N) is 2. The molecule has 1 atom stereocenters. The molecular weight excluding hydrogens is 454 g/mol. The van der Waals surface area contributed by atoms with Gasteiger partial charge in [0.2, 0.25) is 10.0 Å². The van der Waals surface area contributed by atoms with Gasteiger partial charge in [-0.15, -0.1) is 0 Å². The van der Waals surface area contributed by atoms with Gasteiger partial charge in [-0.3, -0.25) is 0 Å². The maximum atomic E-state index is 13.2. The summed E-state index contributed by atoms with van der Waals surface area (Å²) in [5.74, 6) is 0.890. The third kappa shape index (κ3) is 5.85. The van der Waals surface area contributed by atoms with Crippen LogP contribution in [-0.4, -0.2) is 57.0 Å². The zero-order valence-corrected chi connectivity index (χ0v) is 20.1. The molecule has 1 fully saturated rings. The Kier molecular flexibility index (Phi) is 7.67. The Hall–Kier alpha value is -2.72. The number of aliphatic hydroxyl groups excluding tert-OH is 1. The number of methoxy groups -OCH3 is 1. The van der Waals surface area contributed by atoms with Crippen LogP contribution < -0.4 is 14.8 Å². The Morgan fingerprint density at radius 1 is 1.12 bits per heavy atom. The van der Waals surface area contributed by atoms with Crippen LogP contribution in [0.2, 0.25) is 0 Å². The molecule has 1 saturated carbocycles. The fourth-order valence-electron chi connectivity index (χ4n) is 4.02. The number of rotatable bonds is 12. The molecule has 1 aliphatic rings. The van der Waals surface area contributed by atoms with Gasteiger partial charge >= 0.3 is 0 Å². The van der Waals surface area contributed by atoms with E-state index in [1.165, 1.54) is 0 Å². The van der Waals surface area contributed by atoms with Gasteiger partial charge in [-0.05, 0) is 49.9 Å². The number of anilines is 1. The van der Waals surface area contributed by atoms with Crippen molar-refractivity contribution >= 4 is 26.7 Å². The zero-order valence-electron chi connectivity index (χ0n) is 19.2.